The van der Waals surface area contributed by atoms with Crippen molar-refractivity contribution in [3.05, 3.63) is 96.1 Å². The third-order valence-corrected chi connectivity index (χ3v) is 4.77. The van der Waals surface area contributed by atoms with Gasteiger partial charge in [-0.2, -0.15) is 4.98 Å². The van der Waals surface area contributed by atoms with Crippen molar-refractivity contribution in [1.82, 2.24) is 19.7 Å². The summed E-state index contributed by atoms with van der Waals surface area (Å²) in [5.41, 5.74) is 2.50. The second-order valence-electron chi connectivity index (χ2n) is 6.65. The summed E-state index contributed by atoms with van der Waals surface area (Å²) in [6.07, 6.45) is 0. The van der Waals surface area contributed by atoms with Crippen molar-refractivity contribution in [2.24, 2.45) is 0 Å². The SMILES string of the molecule is O=C(Nc1nnc2c3ccccc3n(C(=O)c3ccccc3)c2n1)c1ccccc1. The largest absolute Gasteiger partial charge is 0.289 e. The minimum Gasteiger partial charge on any atom is -0.289 e. The molecule has 0 saturated carbocycles. The first-order valence-electron chi connectivity index (χ1n) is 9.32. The zero-order valence-corrected chi connectivity index (χ0v) is 15.7. The monoisotopic (exact) mass is 393 g/mol. The lowest BCUT2D eigenvalue weighted by molar-refractivity contribution is 0.0968. The number of nitrogens with one attached hydrogen (secondary N) is 1. The molecule has 5 aromatic rings. The van der Waals surface area contributed by atoms with Crippen LogP contribution in [0, 0.1) is 0 Å². The molecule has 7 heteroatoms. The molecule has 0 unspecified atom stereocenters. The van der Waals surface area contributed by atoms with E-state index in [1.165, 1.54) is 4.57 Å². The number of hydrogen-bond acceptors (Lipinski definition) is 5. The van der Waals surface area contributed by atoms with Gasteiger partial charge in [-0.25, -0.2) is 0 Å². The fourth-order valence-corrected chi connectivity index (χ4v) is 3.36. The number of carbonyl (C=O) groups excluding carboxylic acids is 2. The maximum Gasteiger partial charge on any atom is 0.264 e. The Morgan fingerprint density at radius 3 is 2.10 bits per heavy atom. The average molecular weight is 393 g/mol. The van der Waals surface area contributed by atoms with E-state index in [1.807, 2.05) is 36.4 Å². The van der Waals surface area contributed by atoms with Crippen LogP contribution in [0.4, 0.5) is 5.95 Å². The van der Waals surface area contributed by atoms with Gasteiger partial charge in [0.25, 0.3) is 17.8 Å². The number of aromatic nitrogens is 4. The van der Waals surface area contributed by atoms with E-state index in [1.54, 1.807) is 48.5 Å². The highest BCUT2D eigenvalue weighted by atomic mass is 16.2. The molecular weight excluding hydrogens is 378 g/mol. The maximum atomic E-state index is 13.3. The second-order valence-corrected chi connectivity index (χ2v) is 6.65. The Hall–Kier alpha value is -4.39. The highest BCUT2D eigenvalue weighted by Crippen LogP contribution is 2.27. The molecule has 1 amide bonds. The van der Waals surface area contributed by atoms with Crippen molar-refractivity contribution in [3.63, 3.8) is 0 Å². The predicted octanol–water partition coefficient (Wildman–Crippen LogP) is 3.92. The minimum atomic E-state index is -0.353. The van der Waals surface area contributed by atoms with E-state index < -0.39 is 0 Å². The first-order valence-corrected chi connectivity index (χ1v) is 9.32. The number of amides is 1. The summed E-state index contributed by atoms with van der Waals surface area (Å²) in [5, 5.41) is 11.7. The molecule has 0 radical (unpaired) electrons. The highest BCUT2D eigenvalue weighted by Gasteiger charge is 2.20. The van der Waals surface area contributed by atoms with Gasteiger partial charge in [0, 0.05) is 16.5 Å². The van der Waals surface area contributed by atoms with E-state index in [9.17, 15) is 9.59 Å². The smallest absolute Gasteiger partial charge is 0.264 e. The number of nitrogens with zero attached hydrogens (tertiary/aromatic N) is 4. The fourth-order valence-electron chi connectivity index (χ4n) is 3.36. The fraction of sp³-hybridized carbons (Fsp3) is 0. The Labute approximate surface area is 171 Å². The molecule has 0 bridgehead atoms. The number of anilines is 1. The normalized spacial score (nSPS) is 10.9. The van der Waals surface area contributed by atoms with Crippen molar-refractivity contribution >= 4 is 39.8 Å². The van der Waals surface area contributed by atoms with Crippen LogP contribution >= 0.6 is 0 Å². The van der Waals surface area contributed by atoms with E-state index in [-0.39, 0.29) is 17.8 Å². The molecule has 144 valence electrons. The Morgan fingerprint density at radius 1 is 0.733 bits per heavy atom. The van der Waals surface area contributed by atoms with Crippen LogP contribution in [0.25, 0.3) is 22.1 Å². The van der Waals surface area contributed by atoms with E-state index in [0.29, 0.717) is 27.8 Å². The minimum absolute atomic E-state index is 0.0290. The summed E-state index contributed by atoms with van der Waals surface area (Å²) >= 11 is 0. The van der Waals surface area contributed by atoms with E-state index in [2.05, 4.69) is 20.5 Å². The van der Waals surface area contributed by atoms with Crippen LogP contribution in [0.15, 0.2) is 84.9 Å². The molecule has 0 atom stereocenters. The first kappa shape index (κ1) is 17.7. The average Bonchev–Trinajstić information content (AvgIpc) is 3.13. The standard InChI is InChI=1S/C23H15N5O2/c29-21(15-9-3-1-4-10-15)25-23-24-20-19(26-27-23)17-13-7-8-14-18(17)28(20)22(30)16-11-5-2-6-12-16/h1-14H,(H,24,25,27,29). The van der Waals surface area contributed by atoms with E-state index in [0.717, 1.165) is 5.39 Å². The summed E-state index contributed by atoms with van der Waals surface area (Å²) in [6.45, 7) is 0. The van der Waals surface area contributed by atoms with E-state index >= 15 is 0 Å². The third-order valence-electron chi connectivity index (χ3n) is 4.77. The van der Waals surface area contributed by atoms with Crippen molar-refractivity contribution in [2.75, 3.05) is 5.32 Å². The van der Waals surface area contributed by atoms with Crippen molar-refractivity contribution in [1.29, 1.82) is 0 Å². The maximum absolute atomic E-state index is 13.3. The Balaban J connectivity index is 1.65. The number of hydrogen-bond donors (Lipinski definition) is 1. The quantitative estimate of drug-likeness (QED) is 0.502. The lowest BCUT2D eigenvalue weighted by Gasteiger charge is -2.06. The van der Waals surface area contributed by atoms with Gasteiger partial charge in [0.15, 0.2) is 5.65 Å². The van der Waals surface area contributed by atoms with Crippen molar-refractivity contribution in [3.8, 4) is 0 Å². The van der Waals surface area contributed by atoms with Gasteiger partial charge in [0.1, 0.15) is 5.52 Å². The topological polar surface area (TPSA) is 89.8 Å². The molecule has 1 N–H and O–H groups in total. The van der Waals surface area contributed by atoms with Gasteiger partial charge in [0.05, 0.1) is 5.52 Å². The first-order chi connectivity index (χ1) is 14.7. The third kappa shape index (κ3) is 2.98. The van der Waals surface area contributed by atoms with Crippen LogP contribution in [-0.4, -0.2) is 31.6 Å². The van der Waals surface area contributed by atoms with Crippen molar-refractivity contribution < 1.29 is 9.59 Å². The lowest BCUT2D eigenvalue weighted by atomic mass is 10.2. The highest BCUT2D eigenvalue weighted by molar-refractivity contribution is 6.14. The van der Waals surface area contributed by atoms with Gasteiger partial charge in [-0.05, 0) is 30.3 Å². The Morgan fingerprint density at radius 2 is 1.37 bits per heavy atom. The van der Waals surface area contributed by atoms with Crippen LogP contribution in [-0.2, 0) is 0 Å². The molecule has 0 spiro atoms. The summed E-state index contributed by atoms with van der Waals surface area (Å²) in [5.74, 6) is -0.558. The molecular formula is C23H15N5O2. The zero-order valence-electron chi connectivity index (χ0n) is 15.7. The number of carbonyl (C=O) groups is 2. The van der Waals surface area contributed by atoms with Crippen LogP contribution in [0.3, 0.4) is 0 Å². The predicted molar refractivity (Wildman–Crippen MR) is 113 cm³/mol. The molecule has 30 heavy (non-hydrogen) atoms. The molecule has 0 aliphatic carbocycles. The summed E-state index contributed by atoms with van der Waals surface area (Å²) in [4.78, 5) is 30.2. The van der Waals surface area contributed by atoms with Crippen LogP contribution < -0.4 is 5.32 Å². The van der Waals surface area contributed by atoms with Gasteiger partial charge in [-0.3, -0.25) is 19.5 Å². The van der Waals surface area contributed by atoms with Gasteiger partial charge >= 0.3 is 0 Å². The van der Waals surface area contributed by atoms with Crippen LogP contribution in [0.5, 0.6) is 0 Å². The van der Waals surface area contributed by atoms with Gasteiger partial charge in [0.2, 0.25) is 0 Å². The number of rotatable bonds is 3. The molecule has 0 aliphatic rings. The number of fused-ring (bicyclic) bond motifs is 3. The molecule has 3 aromatic carbocycles. The van der Waals surface area contributed by atoms with Crippen LogP contribution in [0.2, 0.25) is 0 Å². The molecule has 5 rings (SSSR count). The second kappa shape index (κ2) is 7.21. The summed E-state index contributed by atoms with van der Waals surface area (Å²) in [6, 6.07) is 25.1. The molecule has 7 nitrogen and oxygen atoms in total. The van der Waals surface area contributed by atoms with Crippen molar-refractivity contribution in [2.45, 2.75) is 0 Å². The van der Waals surface area contributed by atoms with Gasteiger partial charge < -0.3 is 0 Å². The van der Waals surface area contributed by atoms with Gasteiger partial charge in [-0.1, -0.05) is 54.6 Å². The summed E-state index contributed by atoms with van der Waals surface area (Å²) in [7, 11) is 0. The number of benzene rings is 3. The summed E-state index contributed by atoms with van der Waals surface area (Å²) < 4.78 is 1.51. The zero-order chi connectivity index (χ0) is 20.5. The molecule has 0 aliphatic heterocycles. The Kier molecular flexibility index (Phi) is 4.25. The molecule has 0 saturated heterocycles. The van der Waals surface area contributed by atoms with E-state index in [4.69, 9.17) is 0 Å². The van der Waals surface area contributed by atoms with Gasteiger partial charge in [-0.15, -0.1) is 10.2 Å². The molecule has 0 fully saturated rings. The van der Waals surface area contributed by atoms with Crippen LogP contribution in [0.1, 0.15) is 20.7 Å². The number of para-hydroxylation sites is 1. The molecule has 2 aromatic heterocycles. The lowest BCUT2D eigenvalue weighted by Crippen LogP contribution is -2.16. The molecule has 2 heterocycles. The Bertz CT molecular complexity index is 1400.